The molecule has 2 aromatic carbocycles. The van der Waals surface area contributed by atoms with Crippen LogP contribution in [-0.4, -0.2) is 45.7 Å². The minimum atomic E-state index is -0.342. The molecule has 1 aliphatic heterocycles. The van der Waals surface area contributed by atoms with Gasteiger partial charge in [0.2, 0.25) is 5.91 Å². The minimum absolute atomic E-state index is 0.0271. The molecule has 1 unspecified atom stereocenters. The van der Waals surface area contributed by atoms with E-state index < -0.39 is 0 Å². The van der Waals surface area contributed by atoms with Crippen LogP contribution in [-0.2, 0) is 16.1 Å². The lowest BCUT2D eigenvalue weighted by Crippen LogP contribution is -3.12. The van der Waals surface area contributed by atoms with E-state index in [2.05, 4.69) is 5.32 Å². The number of fused-ring (bicyclic) bond motifs is 1. The van der Waals surface area contributed by atoms with Gasteiger partial charge in [-0.25, -0.2) is 0 Å². The fourth-order valence-electron chi connectivity index (χ4n) is 3.33. The van der Waals surface area contributed by atoms with Gasteiger partial charge in [-0.3, -0.25) is 14.5 Å². The molecule has 0 aliphatic carbocycles. The summed E-state index contributed by atoms with van der Waals surface area (Å²) in [4.78, 5) is 27.8. The molecular weight excluding hydrogens is 358 g/mol. The van der Waals surface area contributed by atoms with E-state index in [1.807, 2.05) is 50.4 Å². The Bertz CT molecular complexity index is 884. The fourth-order valence-corrected chi connectivity index (χ4v) is 3.33. The summed E-state index contributed by atoms with van der Waals surface area (Å²) in [5.41, 5.74) is 2.37. The van der Waals surface area contributed by atoms with Crippen molar-refractivity contribution in [3.63, 3.8) is 0 Å². The third kappa shape index (κ3) is 3.94. The molecule has 7 heteroatoms. The van der Waals surface area contributed by atoms with Gasteiger partial charge < -0.3 is 19.7 Å². The van der Waals surface area contributed by atoms with Gasteiger partial charge in [0.25, 0.3) is 5.91 Å². The van der Waals surface area contributed by atoms with Crippen LogP contribution in [0.25, 0.3) is 0 Å². The number of benzene rings is 2. The quantitative estimate of drug-likeness (QED) is 0.782. The first-order chi connectivity index (χ1) is 13.4. The number of carbonyl (C=O) groups excluding carboxylic acids is 2. The zero-order chi connectivity index (χ0) is 20.3. The molecule has 28 heavy (non-hydrogen) atoms. The van der Waals surface area contributed by atoms with Gasteiger partial charge in [0.1, 0.15) is 24.6 Å². The highest BCUT2D eigenvalue weighted by atomic mass is 16.5. The predicted octanol–water partition coefficient (Wildman–Crippen LogP) is 1.09. The molecule has 2 amide bonds. The molecule has 1 aliphatic rings. The molecule has 2 atom stereocenters. The molecule has 0 spiro atoms. The Morgan fingerprint density at radius 3 is 2.68 bits per heavy atom. The molecule has 2 aromatic rings. The topological polar surface area (TPSA) is 72.3 Å². The van der Waals surface area contributed by atoms with Gasteiger partial charge in [-0.2, -0.15) is 0 Å². The third-order valence-corrected chi connectivity index (χ3v) is 5.11. The van der Waals surface area contributed by atoms with Crippen molar-refractivity contribution >= 4 is 23.2 Å². The Hall–Kier alpha value is -3.06. The Morgan fingerprint density at radius 2 is 1.96 bits per heavy atom. The van der Waals surface area contributed by atoms with Crippen molar-refractivity contribution in [1.82, 2.24) is 0 Å². The summed E-state index contributed by atoms with van der Waals surface area (Å²) in [7, 11) is 5.19. The molecule has 1 heterocycles. The summed E-state index contributed by atoms with van der Waals surface area (Å²) < 4.78 is 10.7. The van der Waals surface area contributed by atoms with Crippen LogP contribution < -0.4 is 24.6 Å². The van der Waals surface area contributed by atoms with E-state index in [1.165, 1.54) is 0 Å². The summed E-state index contributed by atoms with van der Waals surface area (Å²) in [5, 5.41) is 2.81. The van der Waals surface area contributed by atoms with Crippen molar-refractivity contribution in [3.05, 3.63) is 48.0 Å². The number of nitrogens with one attached hydrogen (secondary N) is 2. The molecule has 0 radical (unpaired) electrons. The highest BCUT2D eigenvalue weighted by molar-refractivity contribution is 6.10. The first kappa shape index (κ1) is 19.7. The van der Waals surface area contributed by atoms with Crippen LogP contribution in [0.4, 0.5) is 11.4 Å². The number of ether oxygens (including phenoxy) is 2. The second kappa shape index (κ2) is 8.31. The van der Waals surface area contributed by atoms with Crippen LogP contribution >= 0.6 is 0 Å². The smallest absolute Gasteiger partial charge is 0.285 e. The summed E-state index contributed by atoms with van der Waals surface area (Å²) >= 11 is 0. The van der Waals surface area contributed by atoms with Gasteiger partial charge in [-0.1, -0.05) is 12.1 Å². The average Bonchev–Trinajstić information content (AvgIpc) is 2.72. The minimum Gasteiger partial charge on any atom is -0.497 e. The predicted molar refractivity (Wildman–Crippen MR) is 107 cm³/mol. The number of hydrogen-bond acceptors (Lipinski definition) is 4. The molecular formula is C21H26N3O4+. The molecule has 0 aromatic heterocycles. The lowest BCUT2D eigenvalue weighted by molar-refractivity contribution is -0.908. The zero-order valence-corrected chi connectivity index (χ0v) is 16.6. The Morgan fingerprint density at radius 1 is 1.21 bits per heavy atom. The second-order valence-corrected chi connectivity index (χ2v) is 6.91. The van der Waals surface area contributed by atoms with Gasteiger partial charge >= 0.3 is 0 Å². The molecule has 0 saturated carbocycles. The second-order valence-electron chi connectivity index (χ2n) is 6.91. The molecule has 0 bridgehead atoms. The van der Waals surface area contributed by atoms with Gasteiger partial charge in [0.15, 0.2) is 6.04 Å². The van der Waals surface area contributed by atoms with Crippen molar-refractivity contribution in [2.75, 3.05) is 38.0 Å². The van der Waals surface area contributed by atoms with E-state index >= 15 is 0 Å². The van der Waals surface area contributed by atoms with Crippen molar-refractivity contribution in [3.8, 4) is 11.5 Å². The number of anilines is 2. The van der Waals surface area contributed by atoms with Crippen molar-refractivity contribution in [1.29, 1.82) is 0 Å². The lowest BCUT2D eigenvalue weighted by Gasteiger charge is -2.32. The van der Waals surface area contributed by atoms with Gasteiger partial charge in [-0.15, -0.1) is 0 Å². The molecule has 148 valence electrons. The number of rotatable bonds is 6. The molecule has 0 fully saturated rings. The number of likely N-dealkylation sites (N-methyl/N-ethyl adjacent to an activating group) is 1. The van der Waals surface area contributed by atoms with Crippen LogP contribution in [0.15, 0.2) is 42.5 Å². The summed E-state index contributed by atoms with van der Waals surface area (Å²) in [6.07, 6.45) is 0. The molecule has 2 N–H and O–H groups in total. The van der Waals surface area contributed by atoms with E-state index in [-0.39, 0.29) is 24.4 Å². The Balaban J connectivity index is 1.78. The van der Waals surface area contributed by atoms with Crippen LogP contribution in [0.2, 0.25) is 0 Å². The SMILES string of the molecule is COc1ccc(C[NH+](C)[C@H](C)C(=O)N2CC(=O)Nc3ccccc32)c(OC)c1. The number of hydrogen-bond donors (Lipinski definition) is 2. The third-order valence-electron chi connectivity index (χ3n) is 5.11. The number of amides is 2. The average molecular weight is 384 g/mol. The Labute approximate surface area is 164 Å². The largest absolute Gasteiger partial charge is 0.497 e. The maximum absolute atomic E-state index is 13.2. The molecule has 7 nitrogen and oxygen atoms in total. The normalized spacial score (nSPS) is 15.3. The van der Waals surface area contributed by atoms with Crippen molar-refractivity contribution in [2.45, 2.75) is 19.5 Å². The van der Waals surface area contributed by atoms with Crippen LogP contribution in [0, 0.1) is 0 Å². The molecule has 0 saturated heterocycles. The first-order valence-electron chi connectivity index (χ1n) is 9.18. The van der Waals surface area contributed by atoms with Crippen molar-refractivity contribution < 1.29 is 24.0 Å². The first-order valence-corrected chi connectivity index (χ1v) is 9.18. The number of para-hydroxylation sites is 2. The summed E-state index contributed by atoms with van der Waals surface area (Å²) in [5.74, 6) is 1.17. The van der Waals surface area contributed by atoms with E-state index in [1.54, 1.807) is 25.2 Å². The van der Waals surface area contributed by atoms with Gasteiger partial charge in [0, 0.05) is 11.6 Å². The van der Waals surface area contributed by atoms with Gasteiger partial charge in [0.05, 0.1) is 32.6 Å². The van der Waals surface area contributed by atoms with E-state index in [0.29, 0.717) is 12.2 Å². The highest BCUT2D eigenvalue weighted by Gasteiger charge is 2.33. The van der Waals surface area contributed by atoms with Crippen LogP contribution in [0.3, 0.4) is 0 Å². The highest BCUT2D eigenvalue weighted by Crippen LogP contribution is 2.29. The van der Waals surface area contributed by atoms with Crippen molar-refractivity contribution in [2.24, 2.45) is 0 Å². The zero-order valence-electron chi connectivity index (χ0n) is 16.6. The Kier molecular flexibility index (Phi) is 5.84. The number of methoxy groups -OCH3 is 2. The van der Waals surface area contributed by atoms with E-state index in [0.717, 1.165) is 27.6 Å². The van der Waals surface area contributed by atoms with Crippen LogP contribution in [0.1, 0.15) is 12.5 Å². The monoisotopic (exact) mass is 384 g/mol. The number of carbonyl (C=O) groups is 2. The lowest BCUT2D eigenvalue weighted by atomic mass is 10.1. The number of quaternary nitrogens is 1. The van der Waals surface area contributed by atoms with E-state index in [4.69, 9.17) is 9.47 Å². The van der Waals surface area contributed by atoms with Gasteiger partial charge in [-0.05, 0) is 31.2 Å². The maximum atomic E-state index is 13.2. The summed E-state index contributed by atoms with van der Waals surface area (Å²) in [6, 6.07) is 12.7. The maximum Gasteiger partial charge on any atom is 0.285 e. The standard InChI is InChI=1S/C21H25N3O4/c1-14(23(2)12-15-9-10-16(27-3)11-19(15)28-4)21(26)24-13-20(25)22-17-7-5-6-8-18(17)24/h5-11,14H,12-13H2,1-4H3,(H,22,25)/p+1/t14-/m1/s1. The van der Waals surface area contributed by atoms with Crippen LogP contribution in [0.5, 0.6) is 11.5 Å². The fraction of sp³-hybridized carbons (Fsp3) is 0.333. The summed E-state index contributed by atoms with van der Waals surface area (Å²) in [6.45, 7) is 2.50. The molecule has 3 rings (SSSR count). The number of nitrogens with zero attached hydrogens (tertiary/aromatic N) is 1. The van der Waals surface area contributed by atoms with E-state index in [9.17, 15) is 9.59 Å².